The van der Waals surface area contributed by atoms with E-state index in [4.69, 9.17) is 4.74 Å². The van der Waals surface area contributed by atoms with E-state index in [9.17, 15) is 14.7 Å². The van der Waals surface area contributed by atoms with Crippen LogP contribution < -0.4 is 5.32 Å². The molecule has 4 rings (SSSR count). The van der Waals surface area contributed by atoms with E-state index in [-0.39, 0.29) is 28.8 Å². The molecule has 3 aromatic rings. The van der Waals surface area contributed by atoms with E-state index in [1.165, 1.54) is 19.2 Å². The highest BCUT2D eigenvalue weighted by Crippen LogP contribution is 2.37. The van der Waals surface area contributed by atoms with Crippen LogP contribution in [-0.2, 0) is 9.53 Å². The van der Waals surface area contributed by atoms with Gasteiger partial charge in [-0.15, -0.1) is 0 Å². The van der Waals surface area contributed by atoms with Gasteiger partial charge in [0.05, 0.1) is 18.7 Å². The molecule has 0 unspecified atom stereocenters. The number of fused-ring (bicyclic) bond motifs is 1. The van der Waals surface area contributed by atoms with Crippen LogP contribution in [0.4, 0.5) is 5.95 Å². The van der Waals surface area contributed by atoms with Crippen LogP contribution in [0.15, 0.2) is 60.2 Å². The van der Waals surface area contributed by atoms with Crippen molar-refractivity contribution in [3.05, 3.63) is 71.3 Å². The average molecular weight is 377 g/mol. The van der Waals surface area contributed by atoms with Gasteiger partial charge < -0.3 is 15.2 Å². The molecule has 1 aromatic heterocycles. The van der Waals surface area contributed by atoms with Crippen LogP contribution in [0.2, 0.25) is 0 Å². The Morgan fingerprint density at radius 3 is 2.50 bits per heavy atom. The number of aromatic nitrogens is 4. The Balaban J connectivity index is 1.96. The lowest BCUT2D eigenvalue weighted by atomic mass is 9.89. The molecule has 2 heterocycles. The monoisotopic (exact) mass is 377 g/mol. The van der Waals surface area contributed by atoms with Crippen molar-refractivity contribution in [2.24, 2.45) is 0 Å². The standard InChI is InChI=1S/C19H15N5O4/c1-28-18(27)16-14(17(26)12-5-3-2-4-6-12)15(11-7-9-13(25)10-8-11)20-19-21-22-23-24(16)19/h2-10,15,25H,1H3,(H,20,21,23)/t15-/m0/s1. The summed E-state index contributed by atoms with van der Waals surface area (Å²) in [4.78, 5) is 26.0. The summed E-state index contributed by atoms with van der Waals surface area (Å²) in [5.74, 6) is -0.827. The summed E-state index contributed by atoms with van der Waals surface area (Å²) in [6.07, 6.45) is 0. The molecule has 0 bridgehead atoms. The smallest absolute Gasteiger partial charge is 0.357 e. The number of tetrazole rings is 1. The second-order valence-corrected chi connectivity index (χ2v) is 6.03. The van der Waals surface area contributed by atoms with Gasteiger partial charge in [0.15, 0.2) is 11.5 Å². The van der Waals surface area contributed by atoms with Gasteiger partial charge in [-0.1, -0.05) is 47.6 Å². The van der Waals surface area contributed by atoms with Gasteiger partial charge in [0.1, 0.15) is 5.75 Å². The maximum atomic E-state index is 13.4. The van der Waals surface area contributed by atoms with E-state index in [0.29, 0.717) is 11.1 Å². The maximum absolute atomic E-state index is 13.4. The summed E-state index contributed by atoms with van der Waals surface area (Å²) >= 11 is 0. The Kier molecular flexibility index (Phi) is 4.32. The van der Waals surface area contributed by atoms with Gasteiger partial charge >= 0.3 is 5.97 Å². The SMILES string of the molecule is COC(=O)C1=C(C(=O)c2ccccc2)[C@H](c2ccc(O)cc2)Nc2nnnn21. The van der Waals surface area contributed by atoms with Gasteiger partial charge in [0.25, 0.3) is 0 Å². The number of Topliss-reactive ketones (excluding diaryl/α,β-unsaturated/α-hetero) is 1. The van der Waals surface area contributed by atoms with E-state index in [1.54, 1.807) is 42.5 Å². The largest absolute Gasteiger partial charge is 0.508 e. The van der Waals surface area contributed by atoms with Crippen molar-refractivity contribution in [3.63, 3.8) is 0 Å². The fourth-order valence-corrected chi connectivity index (χ4v) is 3.07. The lowest BCUT2D eigenvalue weighted by molar-refractivity contribution is -0.134. The fourth-order valence-electron chi connectivity index (χ4n) is 3.07. The number of benzene rings is 2. The zero-order chi connectivity index (χ0) is 19.7. The number of nitrogens with one attached hydrogen (secondary N) is 1. The molecule has 1 aliphatic rings. The number of nitrogens with zero attached hydrogens (tertiary/aromatic N) is 4. The summed E-state index contributed by atoms with van der Waals surface area (Å²) in [6.45, 7) is 0. The average Bonchev–Trinajstić information content (AvgIpc) is 3.21. The first kappa shape index (κ1) is 17.4. The first-order valence-corrected chi connectivity index (χ1v) is 8.36. The van der Waals surface area contributed by atoms with Gasteiger partial charge in [-0.3, -0.25) is 4.79 Å². The van der Waals surface area contributed by atoms with E-state index < -0.39 is 12.0 Å². The van der Waals surface area contributed by atoms with E-state index in [2.05, 4.69) is 20.8 Å². The fraction of sp³-hybridized carbons (Fsp3) is 0.105. The van der Waals surface area contributed by atoms with Crippen LogP contribution in [0, 0.1) is 0 Å². The Morgan fingerprint density at radius 1 is 1.11 bits per heavy atom. The molecule has 0 amide bonds. The number of ketones is 1. The summed E-state index contributed by atoms with van der Waals surface area (Å²) in [6, 6.07) is 14.2. The van der Waals surface area contributed by atoms with Crippen LogP contribution in [-0.4, -0.2) is 44.2 Å². The molecule has 2 aromatic carbocycles. The Hall–Kier alpha value is -4.01. The number of methoxy groups -OCH3 is 1. The Morgan fingerprint density at radius 2 is 1.82 bits per heavy atom. The van der Waals surface area contributed by atoms with Crippen LogP contribution >= 0.6 is 0 Å². The molecule has 0 radical (unpaired) electrons. The summed E-state index contributed by atoms with van der Waals surface area (Å²) in [7, 11) is 1.22. The molecule has 0 saturated heterocycles. The number of carbonyl (C=O) groups is 2. The van der Waals surface area contributed by atoms with E-state index >= 15 is 0 Å². The lowest BCUT2D eigenvalue weighted by Crippen LogP contribution is -2.31. The molecule has 0 spiro atoms. The topological polar surface area (TPSA) is 119 Å². The summed E-state index contributed by atoms with van der Waals surface area (Å²) in [5, 5.41) is 24.0. The highest BCUT2D eigenvalue weighted by molar-refractivity contribution is 6.24. The molecule has 0 aliphatic carbocycles. The quantitative estimate of drug-likeness (QED) is 0.522. The molecule has 140 valence electrons. The van der Waals surface area contributed by atoms with E-state index in [1.807, 2.05) is 0 Å². The minimum atomic E-state index is -0.738. The zero-order valence-electron chi connectivity index (χ0n) is 14.7. The third kappa shape index (κ3) is 2.88. The molecule has 9 nitrogen and oxygen atoms in total. The molecular weight excluding hydrogens is 362 g/mol. The summed E-state index contributed by atoms with van der Waals surface area (Å²) in [5.41, 5.74) is 1.13. The normalized spacial score (nSPS) is 15.5. The number of phenolic OH excluding ortho intramolecular Hbond substituents is 1. The number of hydrogen-bond acceptors (Lipinski definition) is 8. The van der Waals surface area contributed by atoms with Gasteiger partial charge in [0.2, 0.25) is 5.95 Å². The number of hydrogen-bond donors (Lipinski definition) is 2. The molecule has 1 atom stereocenters. The van der Waals surface area contributed by atoms with Gasteiger partial charge in [-0.2, -0.15) is 4.68 Å². The van der Waals surface area contributed by atoms with Crippen molar-refractivity contribution in [2.45, 2.75) is 6.04 Å². The number of rotatable bonds is 4. The van der Waals surface area contributed by atoms with Gasteiger partial charge in [-0.25, -0.2) is 4.79 Å². The number of esters is 1. The minimum Gasteiger partial charge on any atom is -0.508 e. The van der Waals surface area contributed by atoms with Crippen LogP contribution in [0.3, 0.4) is 0 Å². The maximum Gasteiger partial charge on any atom is 0.357 e. The molecule has 0 fully saturated rings. The third-order valence-electron chi connectivity index (χ3n) is 4.38. The highest BCUT2D eigenvalue weighted by atomic mass is 16.5. The Labute approximate surface area is 159 Å². The predicted octanol–water partition coefficient (Wildman–Crippen LogP) is 1.81. The molecule has 28 heavy (non-hydrogen) atoms. The van der Waals surface area contributed by atoms with Crippen LogP contribution in [0.5, 0.6) is 5.75 Å². The van der Waals surface area contributed by atoms with E-state index in [0.717, 1.165) is 4.68 Å². The highest BCUT2D eigenvalue weighted by Gasteiger charge is 2.38. The van der Waals surface area contributed by atoms with Crippen LogP contribution in [0.1, 0.15) is 22.0 Å². The number of carbonyl (C=O) groups excluding carboxylic acids is 2. The minimum absolute atomic E-state index is 0.0619. The first-order chi connectivity index (χ1) is 13.6. The number of phenols is 1. The molecule has 0 saturated carbocycles. The van der Waals surface area contributed by atoms with Crippen molar-refractivity contribution >= 4 is 23.4 Å². The number of ether oxygens (including phenoxy) is 1. The van der Waals surface area contributed by atoms with Gasteiger partial charge in [-0.05, 0) is 28.1 Å². The Bertz CT molecular complexity index is 1070. The van der Waals surface area contributed by atoms with Crippen molar-refractivity contribution < 1.29 is 19.4 Å². The molecule has 1 aliphatic heterocycles. The molecule has 2 N–H and O–H groups in total. The second-order valence-electron chi connectivity index (χ2n) is 6.03. The predicted molar refractivity (Wildman–Crippen MR) is 98.3 cm³/mol. The molecule has 9 heteroatoms. The van der Waals surface area contributed by atoms with Crippen molar-refractivity contribution in [1.29, 1.82) is 0 Å². The number of anilines is 1. The third-order valence-corrected chi connectivity index (χ3v) is 4.38. The zero-order valence-corrected chi connectivity index (χ0v) is 14.7. The van der Waals surface area contributed by atoms with Crippen molar-refractivity contribution in [3.8, 4) is 5.75 Å². The lowest BCUT2D eigenvalue weighted by Gasteiger charge is -2.28. The summed E-state index contributed by atoms with van der Waals surface area (Å²) < 4.78 is 6.05. The number of aromatic hydroxyl groups is 1. The first-order valence-electron chi connectivity index (χ1n) is 8.36. The second kappa shape index (κ2) is 6.95. The van der Waals surface area contributed by atoms with Crippen LogP contribution in [0.25, 0.3) is 5.70 Å². The van der Waals surface area contributed by atoms with Crippen molar-refractivity contribution in [2.75, 3.05) is 12.4 Å². The van der Waals surface area contributed by atoms with Gasteiger partial charge in [0, 0.05) is 5.56 Å². The molecular formula is C19H15N5O4. The van der Waals surface area contributed by atoms with Crippen molar-refractivity contribution in [1.82, 2.24) is 20.2 Å².